The molecule has 1 aliphatic rings. The average Bonchev–Trinajstić information content (AvgIpc) is 1.84. The first-order valence-electron chi connectivity index (χ1n) is 2.94. The van der Waals surface area contributed by atoms with Gasteiger partial charge in [0.1, 0.15) is 0 Å². The Hall–Kier alpha value is -0.790. The topological polar surface area (TPSA) is 26.3 Å². The Kier molecular flexibility index (Phi) is 4.88. The molecule has 1 rings (SSSR count). The standard InChI is InChI=1S/C5H8.C2H4O2/c1-5-3-2-4-5;1-4-2-3/h1-4H2;2H,1H3. The van der Waals surface area contributed by atoms with E-state index in [1.54, 1.807) is 0 Å². The van der Waals surface area contributed by atoms with Crippen LogP contribution in [0.5, 0.6) is 0 Å². The van der Waals surface area contributed by atoms with Gasteiger partial charge in [0.25, 0.3) is 6.47 Å². The molecule has 0 N–H and O–H groups in total. The predicted molar refractivity (Wildman–Crippen MR) is 36.1 cm³/mol. The summed E-state index contributed by atoms with van der Waals surface area (Å²) < 4.78 is 3.86. The van der Waals surface area contributed by atoms with Crippen molar-refractivity contribution >= 4 is 6.47 Å². The quantitative estimate of drug-likeness (QED) is 0.395. The number of allylic oxidation sites excluding steroid dienone is 1. The smallest absolute Gasteiger partial charge is 0.292 e. The normalized spacial score (nSPS) is 14.6. The third kappa shape index (κ3) is 5.07. The van der Waals surface area contributed by atoms with Crippen molar-refractivity contribution in [1.29, 1.82) is 0 Å². The summed E-state index contributed by atoms with van der Waals surface area (Å²) in [5, 5.41) is 0. The van der Waals surface area contributed by atoms with Gasteiger partial charge < -0.3 is 4.74 Å². The Labute approximate surface area is 55.5 Å². The van der Waals surface area contributed by atoms with Crippen molar-refractivity contribution in [3.8, 4) is 0 Å². The molecule has 2 heteroatoms. The lowest BCUT2D eigenvalue weighted by Crippen LogP contribution is -1.92. The number of methoxy groups -OCH3 is 1. The molecule has 9 heavy (non-hydrogen) atoms. The highest BCUT2D eigenvalue weighted by Crippen LogP contribution is 2.21. The SMILES string of the molecule is C=C1CCC1.COC=O. The van der Waals surface area contributed by atoms with Crippen LogP contribution in [0, 0.1) is 0 Å². The van der Waals surface area contributed by atoms with E-state index in [-0.39, 0.29) is 0 Å². The van der Waals surface area contributed by atoms with Gasteiger partial charge in [0.15, 0.2) is 0 Å². The van der Waals surface area contributed by atoms with E-state index >= 15 is 0 Å². The minimum Gasteiger partial charge on any atom is -0.471 e. The van der Waals surface area contributed by atoms with Gasteiger partial charge in [-0.3, -0.25) is 4.79 Å². The molecule has 0 unspecified atom stereocenters. The Morgan fingerprint density at radius 1 is 1.67 bits per heavy atom. The molecule has 0 saturated heterocycles. The summed E-state index contributed by atoms with van der Waals surface area (Å²) in [6.07, 6.45) is 3.97. The Morgan fingerprint density at radius 3 is 2.00 bits per heavy atom. The van der Waals surface area contributed by atoms with E-state index in [4.69, 9.17) is 4.79 Å². The van der Waals surface area contributed by atoms with E-state index in [1.165, 1.54) is 31.9 Å². The molecule has 0 amide bonds. The minimum atomic E-state index is 0.375. The largest absolute Gasteiger partial charge is 0.471 e. The van der Waals surface area contributed by atoms with Crippen molar-refractivity contribution in [3.05, 3.63) is 12.2 Å². The van der Waals surface area contributed by atoms with Gasteiger partial charge in [0.05, 0.1) is 7.11 Å². The van der Waals surface area contributed by atoms with Crippen LogP contribution >= 0.6 is 0 Å². The van der Waals surface area contributed by atoms with E-state index in [0.29, 0.717) is 6.47 Å². The second kappa shape index (κ2) is 5.35. The van der Waals surface area contributed by atoms with Crippen LogP contribution in [-0.4, -0.2) is 13.6 Å². The molecule has 0 aromatic rings. The fourth-order valence-electron chi connectivity index (χ4n) is 0.427. The van der Waals surface area contributed by atoms with E-state index in [2.05, 4.69) is 11.3 Å². The number of ether oxygens (including phenoxy) is 1. The third-order valence-electron chi connectivity index (χ3n) is 1.16. The first-order chi connectivity index (χ1) is 4.31. The van der Waals surface area contributed by atoms with Gasteiger partial charge >= 0.3 is 0 Å². The van der Waals surface area contributed by atoms with Crippen LogP contribution in [0.15, 0.2) is 12.2 Å². The van der Waals surface area contributed by atoms with Gasteiger partial charge in [-0.25, -0.2) is 0 Å². The highest BCUT2D eigenvalue weighted by Gasteiger charge is 2.02. The van der Waals surface area contributed by atoms with Crippen LogP contribution in [0.1, 0.15) is 19.3 Å². The lowest BCUT2D eigenvalue weighted by molar-refractivity contribution is -0.126. The Morgan fingerprint density at radius 2 is 2.00 bits per heavy atom. The molecule has 0 bridgehead atoms. The van der Waals surface area contributed by atoms with Crippen molar-refractivity contribution in [2.45, 2.75) is 19.3 Å². The highest BCUT2D eigenvalue weighted by molar-refractivity contribution is 5.36. The summed E-state index contributed by atoms with van der Waals surface area (Å²) in [5.74, 6) is 0. The summed E-state index contributed by atoms with van der Waals surface area (Å²) in [5.41, 5.74) is 1.44. The zero-order valence-electron chi connectivity index (χ0n) is 5.72. The van der Waals surface area contributed by atoms with Crippen LogP contribution in [0.25, 0.3) is 0 Å². The molecule has 1 saturated carbocycles. The molecular formula is C7H12O2. The van der Waals surface area contributed by atoms with E-state index < -0.39 is 0 Å². The van der Waals surface area contributed by atoms with Gasteiger partial charge in [-0.05, 0) is 19.3 Å². The van der Waals surface area contributed by atoms with E-state index in [9.17, 15) is 0 Å². The van der Waals surface area contributed by atoms with Gasteiger partial charge in [0, 0.05) is 0 Å². The van der Waals surface area contributed by atoms with Crippen molar-refractivity contribution in [2.75, 3.05) is 7.11 Å². The molecular weight excluding hydrogens is 116 g/mol. The first kappa shape index (κ1) is 8.21. The van der Waals surface area contributed by atoms with E-state index in [1.807, 2.05) is 0 Å². The predicted octanol–water partition coefficient (Wildman–Crippen LogP) is 1.52. The molecule has 0 heterocycles. The Balaban J connectivity index is 0.000000148. The van der Waals surface area contributed by atoms with Crippen LogP contribution < -0.4 is 0 Å². The summed E-state index contributed by atoms with van der Waals surface area (Å²) in [6, 6.07) is 0. The van der Waals surface area contributed by atoms with Crippen LogP contribution in [0.2, 0.25) is 0 Å². The second-order valence-electron chi connectivity index (χ2n) is 1.94. The molecule has 2 nitrogen and oxygen atoms in total. The van der Waals surface area contributed by atoms with E-state index in [0.717, 1.165) is 0 Å². The lowest BCUT2D eigenvalue weighted by atomic mass is 9.95. The number of carbonyl (C=O) groups excluding carboxylic acids is 1. The Bertz CT molecular complexity index is 91.1. The minimum absolute atomic E-state index is 0.375. The molecule has 0 aromatic carbocycles. The van der Waals surface area contributed by atoms with Crippen LogP contribution in [0.3, 0.4) is 0 Å². The third-order valence-corrected chi connectivity index (χ3v) is 1.16. The van der Waals surface area contributed by atoms with Gasteiger partial charge in [0.2, 0.25) is 0 Å². The number of rotatable bonds is 1. The maximum absolute atomic E-state index is 8.95. The maximum atomic E-state index is 8.95. The van der Waals surface area contributed by atoms with Crippen molar-refractivity contribution < 1.29 is 9.53 Å². The van der Waals surface area contributed by atoms with Crippen LogP contribution in [-0.2, 0) is 9.53 Å². The fourth-order valence-corrected chi connectivity index (χ4v) is 0.427. The summed E-state index contributed by atoms with van der Waals surface area (Å²) in [4.78, 5) is 8.95. The summed E-state index contributed by atoms with van der Waals surface area (Å²) in [7, 11) is 1.31. The van der Waals surface area contributed by atoms with Gasteiger partial charge in [-0.15, -0.1) is 0 Å². The number of hydrogen-bond donors (Lipinski definition) is 0. The number of carbonyl (C=O) groups is 1. The highest BCUT2D eigenvalue weighted by atomic mass is 16.5. The first-order valence-corrected chi connectivity index (χ1v) is 2.94. The fraction of sp³-hybridized carbons (Fsp3) is 0.571. The second-order valence-corrected chi connectivity index (χ2v) is 1.94. The molecule has 0 spiro atoms. The lowest BCUT2D eigenvalue weighted by Gasteiger charge is -2.11. The average molecular weight is 128 g/mol. The van der Waals surface area contributed by atoms with Gasteiger partial charge in [-0.2, -0.15) is 0 Å². The molecule has 0 atom stereocenters. The zero-order chi connectivity index (χ0) is 7.11. The molecule has 0 aliphatic heterocycles. The van der Waals surface area contributed by atoms with Crippen molar-refractivity contribution in [2.24, 2.45) is 0 Å². The molecule has 1 aliphatic carbocycles. The van der Waals surface area contributed by atoms with Gasteiger partial charge in [-0.1, -0.05) is 12.2 Å². The number of hydrogen-bond acceptors (Lipinski definition) is 2. The molecule has 52 valence electrons. The summed E-state index contributed by atoms with van der Waals surface area (Å²) in [6.45, 7) is 4.14. The van der Waals surface area contributed by atoms with Crippen LogP contribution in [0.4, 0.5) is 0 Å². The monoisotopic (exact) mass is 128 g/mol. The zero-order valence-corrected chi connectivity index (χ0v) is 5.72. The van der Waals surface area contributed by atoms with Crippen molar-refractivity contribution in [3.63, 3.8) is 0 Å². The molecule has 0 aromatic heterocycles. The molecule has 1 fully saturated rings. The summed E-state index contributed by atoms with van der Waals surface area (Å²) >= 11 is 0. The molecule has 0 radical (unpaired) electrons. The maximum Gasteiger partial charge on any atom is 0.292 e. The van der Waals surface area contributed by atoms with Crippen molar-refractivity contribution in [1.82, 2.24) is 0 Å².